The van der Waals surface area contributed by atoms with Gasteiger partial charge >= 0.3 is 0 Å². The van der Waals surface area contributed by atoms with E-state index in [0.717, 1.165) is 46.6 Å². The average molecular weight is 257 g/mol. The van der Waals surface area contributed by atoms with E-state index in [9.17, 15) is 0 Å². The van der Waals surface area contributed by atoms with E-state index in [2.05, 4.69) is 30.4 Å². The molecule has 0 bridgehead atoms. The number of aryl methyl sites for hydroxylation is 1. The number of nitrogens with two attached hydrogens (primary N) is 1. The molecule has 0 spiro atoms. The lowest BCUT2D eigenvalue weighted by molar-refractivity contribution is 0.933. The third kappa shape index (κ3) is 3.78. The highest BCUT2D eigenvalue weighted by atomic mass is 14.8. The second kappa shape index (κ2) is 6.88. The predicted octanol–water partition coefficient (Wildman–Crippen LogP) is 3.59. The van der Waals surface area contributed by atoms with Gasteiger partial charge in [-0.15, -0.1) is 0 Å². The van der Waals surface area contributed by atoms with E-state index in [1.54, 1.807) is 6.20 Å². The zero-order valence-corrected chi connectivity index (χ0v) is 12.3. The summed E-state index contributed by atoms with van der Waals surface area (Å²) in [6.45, 7) is 12.9. The summed E-state index contributed by atoms with van der Waals surface area (Å²) in [7, 11) is 0. The standard InChI is InChI=1S/C16H23N3/c1-6-7-18-13(5)14(9-17)16-8-12(4)15(10-19-16)11(2)3/h8-10H,2,6-7,17H2,1,3-5H3/b14-9+,18-13?. The van der Waals surface area contributed by atoms with Gasteiger partial charge in [-0.25, -0.2) is 0 Å². The molecule has 3 heteroatoms. The SMILES string of the molecule is C=C(C)c1cnc(/C(=C/N)C(C)=NCCC)cc1C. The maximum absolute atomic E-state index is 5.72. The zero-order valence-electron chi connectivity index (χ0n) is 12.3. The Hall–Kier alpha value is -1.90. The molecular formula is C16H23N3. The van der Waals surface area contributed by atoms with E-state index in [0.29, 0.717) is 0 Å². The molecule has 19 heavy (non-hydrogen) atoms. The lowest BCUT2D eigenvalue weighted by Crippen LogP contribution is -2.04. The first-order valence-electron chi connectivity index (χ1n) is 6.57. The molecule has 0 aromatic carbocycles. The van der Waals surface area contributed by atoms with Crippen LogP contribution < -0.4 is 5.73 Å². The van der Waals surface area contributed by atoms with Crippen LogP contribution in [0.5, 0.6) is 0 Å². The molecular weight excluding hydrogens is 234 g/mol. The van der Waals surface area contributed by atoms with Gasteiger partial charge in [-0.2, -0.15) is 0 Å². The fourth-order valence-electron chi connectivity index (χ4n) is 1.91. The first-order chi connectivity index (χ1) is 9.01. The van der Waals surface area contributed by atoms with Crippen molar-refractivity contribution in [3.63, 3.8) is 0 Å². The van der Waals surface area contributed by atoms with Crippen LogP contribution in [0.4, 0.5) is 0 Å². The molecule has 0 aliphatic rings. The van der Waals surface area contributed by atoms with Crippen LogP contribution in [0.3, 0.4) is 0 Å². The maximum Gasteiger partial charge on any atom is 0.0737 e. The summed E-state index contributed by atoms with van der Waals surface area (Å²) >= 11 is 0. The van der Waals surface area contributed by atoms with Gasteiger partial charge in [0.1, 0.15) is 0 Å². The minimum absolute atomic E-state index is 0.812. The third-order valence-corrected chi connectivity index (χ3v) is 2.98. The Morgan fingerprint density at radius 3 is 2.63 bits per heavy atom. The van der Waals surface area contributed by atoms with Crippen molar-refractivity contribution < 1.29 is 0 Å². The average Bonchev–Trinajstić information content (AvgIpc) is 2.36. The van der Waals surface area contributed by atoms with Crippen molar-refractivity contribution in [2.75, 3.05) is 6.54 Å². The molecule has 1 aromatic heterocycles. The quantitative estimate of drug-likeness (QED) is 0.819. The van der Waals surface area contributed by atoms with Gasteiger partial charge in [-0.1, -0.05) is 13.5 Å². The Bertz CT molecular complexity index is 525. The summed E-state index contributed by atoms with van der Waals surface area (Å²) < 4.78 is 0. The van der Waals surface area contributed by atoms with Crippen LogP contribution in [0, 0.1) is 6.92 Å². The number of aromatic nitrogens is 1. The highest BCUT2D eigenvalue weighted by Gasteiger charge is 2.09. The summed E-state index contributed by atoms with van der Waals surface area (Å²) in [6, 6.07) is 2.04. The van der Waals surface area contributed by atoms with Gasteiger partial charge in [0, 0.05) is 30.2 Å². The number of hydrogen-bond acceptors (Lipinski definition) is 3. The van der Waals surface area contributed by atoms with E-state index in [1.165, 1.54) is 0 Å². The molecule has 0 fully saturated rings. The first kappa shape index (κ1) is 15.2. The van der Waals surface area contributed by atoms with Crippen molar-refractivity contribution in [2.24, 2.45) is 10.7 Å². The number of aliphatic imine (C=N–C) groups is 1. The van der Waals surface area contributed by atoms with Crippen LogP contribution in [-0.4, -0.2) is 17.2 Å². The Kier molecular flexibility index (Phi) is 5.49. The number of nitrogens with zero attached hydrogens (tertiary/aromatic N) is 2. The Labute approximate surface area is 116 Å². The zero-order chi connectivity index (χ0) is 14.4. The summed E-state index contributed by atoms with van der Waals surface area (Å²) in [5, 5.41) is 0. The van der Waals surface area contributed by atoms with E-state index in [1.807, 2.05) is 26.1 Å². The van der Waals surface area contributed by atoms with Crippen molar-refractivity contribution in [1.82, 2.24) is 4.98 Å². The van der Waals surface area contributed by atoms with Crippen molar-refractivity contribution in [1.29, 1.82) is 0 Å². The molecule has 102 valence electrons. The molecule has 3 nitrogen and oxygen atoms in total. The highest BCUT2D eigenvalue weighted by Crippen LogP contribution is 2.20. The van der Waals surface area contributed by atoms with Gasteiger partial charge in [-0.05, 0) is 50.0 Å². The monoisotopic (exact) mass is 257 g/mol. The van der Waals surface area contributed by atoms with Crippen LogP contribution >= 0.6 is 0 Å². The predicted molar refractivity (Wildman–Crippen MR) is 84.1 cm³/mol. The maximum atomic E-state index is 5.72. The van der Waals surface area contributed by atoms with Gasteiger partial charge in [0.2, 0.25) is 0 Å². The van der Waals surface area contributed by atoms with E-state index < -0.39 is 0 Å². The summed E-state index contributed by atoms with van der Waals surface area (Å²) in [6.07, 6.45) is 4.45. The minimum Gasteiger partial charge on any atom is -0.404 e. The number of allylic oxidation sites excluding steroid dienone is 2. The van der Waals surface area contributed by atoms with Gasteiger partial charge < -0.3 is 5.73 Å². The second-order valence-electron chi connectivity index (χ2n) is 4.71. The molecule has 1 heterocycles. The third-order valence-electron chi connectivity index (χ3n) is 2.98. The molecule has 1 rings (SSSR count). The van der Waals surface area contributed by atoms with Crippen molar-refractivity contribution in [3.05, 3.63) is 41.9 Å². The Morgan fingerprint density at radius 1 is 1.47 bits per heavy atom. The van der Waals surface area contributed by atoms with E-state index in [-0.39, 0.29) is 0 Å². The molecule has 0 aliphatic carbocycles. The first-order valence-corrected chi connectivity index (χ1v) is 6.57. The topological polar surface area (TPSA) is 51.3 Å². The summed E-state index contributed by atoms with van der Waals surface area (Å²) in [5.41, 5.74) is 11.7. The number of hydrogen-bond donors (Lipinski definition) is 1. The Balaban J connectivity index is 3.14. The van der Waals surface area contributed by atoms with Crippen LogP contribution in [0.1, 0.15) is 44.0 Å². The number of rotatable bonds is 5. The van der Waals surface area contributed by atoms with Gasteiger partial charge in [0.25, 0.3) is 0 Å². The lowest BCUT2D eigenvalue weighted by Gasteiger charge is -2.10. The smallest absolute Gasteiger partial charge is 0.0737 e. The molecule has 0 aliphatic heterocycles. The van der Waals surface area contributed by atoms with Crippen molar-refractivity contribution >= 4 is 16.9 Å². The fraction of sp³-hybridized carbons (Fsp3) is 0.375. The Morgan fingerprint density at radius 2 is 2.16 bits per heavy atom. The van der Waals surface area contributed by atoms with Crippen LogP contribution in [0.2, 0.25) is 0 Å². The minimum atomic E-state index is 0.812. The molecule has 2 N–H and O–H groups in total. The van der Waals surface area contributed by atoms with Crippen molar-refractivity contribution in [2.45, 2.75) is 34.1 Å². The van der Waals surface area contributed by atoms with E-state index >= 15 is 0 Å². The largest absolute Gasteiger partial charge is 0.404 e. The molecule has 0 saturated carbocycles. The van der Waals surface area contributed by atoms with Crippen LogP contribution in [0.25, 0.3) is 11.1 Å². The van der Waals surface area contributed by atoms with Gasteiger partial charge in [0.05, 0.1) is 5.69 Å². The van der Waals surface area contributed by atoms with Gasteiger partial charge in [-0.3, -0.25) is 9.98 Å². The molecule has 0 atom stereocenters. The second-order valence-corrected chi connectivity index (χ2v) is 4.71. The summed E-state index contributed by atoms with van der Waals surface area (Å²) in [5.74, 6) is 0. The van der Waals surface area contributed by atoms with E-state index in [4.69, 9.17) is 5.73 Å². The fourth-order valence-corrected chi connectivity index (χ4v) is 1.91. The lowest BCUT2D eigenvalue weighted by atomic mass is 10.0. The van der Waals surface area contributed by atoms with Crippen LogP contribution in [-0.2, 0) is 0 Å². The molecule has 0 radical (unpaired) electrons. The molecule has 1 aromatic rings. The highest BCUT2D eigenvalue weighted by molar-refractivity contribution is 6.22. The van der Waals surface area contributed by atoms with Crippen molar-refractivity contribution in [3.8, 4) is 0 Å². The van der Waals surface area contributed by atoms with Gasteiger partial charge in [0.15, 0.2) is 0 Å². The normalized spacial score (nSPS) is 12.6. The molecule has 0 amide bonds. The molecule has 0 saturated heterocycles. The number of pyridine rings is 1. The van der Waals surface area contributed by atoms with Crippen LogP contribution in [0.15, 0.2) is 30.0 Å². The molecule has 0 unspecified atom stereocenters. The summed E-state index contributed by atoms with van der Waals surface area (Å²) in [4.78, 5) is 8.96.